The lowest BCUT2D eigenvalue weighted by molar-refractivity contribution is 1.16. The predicted molar refractivity (Wildman–Crippen MR) is 211 cm³/mol. The predicted octanol–water partition coefficient (Wildman–Crippen LogP) is 13.1. The standard InChI is InChI=1S/C46H26N2S/c1-2-13-27(14-3-1)47-36-23-10-20-31-29-16-5-7-19-34(29)45-43(40(31)36)42-41-32(28-15-4-6-18-33(28)44(42)47)21-11-24-37(41)48(45)38-25-12-22-35-30-17-8-9-26-39(30)49-46(35)38/h1-26H. The van der Waals surface area contributed by atoms with E-state index in [0.29, 0.717) is 0 Å². The average Bonchev–Trinajstić information content (AvgIpc) is 3.56. The van der Waals surface area contributed by atoms with Gasteiger partial charge in [-0.15, -0.1) is 11.3 Å². The van der Waals surface area contributed by atoms with Crippen LogP contribution in [0.5, 0.6) is 0 Å². The molecule has 0 fully saturated rings. The molecule has 0 saturated carbocycles. The lowest BCUT2D eigenvalue weighted by Crippen LogP contribution is -2.11. The van der Waals surface area contributed by atoms with Crippen molar-refractivity contribution in [1.29, 1.82) is 0 Å². The Hall–Kier alpha value is -6.16. The zero-order valence-corrected chi connectivity index (χ0v) is 27.1. The Balaban J connectivity index is 1.47. The number of nitrogens with zero attached hydrogens (tertiary/aromatic N) is 2. The molecule has 0 saturated heterocycles. The molecule has 3 heteroatoms. The highest BCUT2D eigenvalue weighted by Crippen LogP contribution is 2.54. The van der Waals surface area contributed by atoms with E-state index < -0.39 is 0 Å². The first kappa shape index (κ1) is 25.9. The Morgan fingerprint density at radius 3 is 1.51 bits per heavy atom. The molecule has 0 atom stereocenters. The number of benzene rings is 9. The van der Waals surface area contributed by atoms with E-state index in [1.165, 1.54) is 108 Å². The van der Waals surface area contributed by atoms with Gasteiger partial charge in [0.15, 0.2) is 0 Å². The molecule has 10 aromatic rings. The van der Waals surface area contributed by atoms with Gasteiger partial charge in [0.25, 0.3) is 0 Å². The van der Waals surface area contributed by atoms with Crippen LogP contribution in [0.25, 0.3) is 108 Å². The summed E-state index contributed by atoms with van der Waals surface area (Å²) in [5, 5.41) is 12.9. The number of pyridine rings is 2. The van der Waals surface area contributed by atoms with E-state index >= 15 is 0 Å². The molecule has 0 unspecified atom stereocenters. The van der Waals surface area contributed by atoms with Crippen LogP contribution in [0.1, 0.15) is 0 Å². The monoisotopic (exact) mass is 638 g/mol. The van der Waals surface area contributed by atoms with Crippen molar-refractivity contribution >= 4 is 96.7 Å². The fraction of sp³-hybridized carbons (Fsp3) is 0. The topological polar surface area (TPSA) is 9.86 Å². The number of fused-ring (bicyclic) bond motifs is 9. The second kappa shape index (κ2) is 9.25. The molecule has 2 aliphatic heterocycles. The molecule has 49 heavy (non-hydrogen) atoms. The van der Waals surface area contributed by atoms with Gasteiger partial charge in [-0.25, -0.2) is 0 Å². The molecule has 226 valence electrons. The summed E-state index contributed by atoms with van der Waals surface area (Å²) in [4.78, 5) is 0. The van der Waals surface area contributed by atoms with Crippen LogP contribution in [0, 0.1) is 0 Å². The lowest BCUT2D eigenvalue weighted by atomic mass is 9.82. The van der Waals surface area contributed by atoms with Crippen LogP contribution >= 0.6 is 11.3 Å². The molecule has 0 N–H and O–H groups in total. The van der Waals surface area contributed by atoms with Crippen LogP contribution in [0.3, 0.4) is 0 Å². The van der Waals surface area contributed by atoms with Crippen molar-refractivity contribution in [2.24, 2.45) is 0 Å². The number of hydrogen-bond acceptors (Lipinski definition) is 1. The third kappa shape index (κ3) is 3.17. The normalized spacial score (nSPS) is 12.5. The van der Waals surface area contributed by atoms with Gasteiger partial charge in [0.1, 0.15) is 0 Å². The Kier molecular flexibility index (Phi) is 4.89. The number of aromatic nitrogens is 2. The van der Waals surface area contributed by atoms with E-state index in [4.69, 9.17) is 0 Å². The first-order valence-electron chi connectivity index (χ1n) is 16.9. The summed E-state index contributed by atoms with van der Waals surface area (Å²) in [6, 6.07) is 58.5. The average molecular weight is 639 g/mol. The molecule has 0 amide bonds. The zero-order valence-electron chi connectivity index (χ0n) is 26.3. The van der Waals surface area contributed by atoms with E-state index in [9.17, 15) is 0 Å². The Labute approximate surface area is 284 Å². The van der Waals surface area contributed by atoms with Crippen molar-refractivity contribution in [2.45, 2.75) is 0 Å². The van der Waals surface area contributed by atoms with Gasteiger partial charge in [-0.05, 0) is 57.9 Å². The van der Waals surface area contributed by atoms with Gasteiger partial charge in [0.2, 0.25) is 0 Å². The first-order valence-corrected chi connectivity index (χ1v) is 17.7. The minimum Gasteiger partial charge on any atom is -0.309 e. The third-order valence-electron chi connectivity index (χ3n) is 10.8. The summed E-state index contributed by atoms with van der Waals surface area (Å²) in [5.41, 5.74) is 10.1. The van der Waals surface area contributed by atoms with E-state index in [0.717, 1.165) is 0 Å². The molecule has 0 aliphatic carbocycles. The van der Waals surface area contributed by atoms with Crippen molar-refractivity contribution in [3.63, 3.8) is 0 Å². The second-order valence-electron chi connectivity index (χ2n) is 13.2. The molecule has 0 spiro atoms. The molecule has 2 aliphatic rings. The van der Waals surface area contributed by atoms with Crippen molar-refractivity contribution in [3.8, 4) is 22.5 Å². The van der Waals surface area contributed by atoms with Gasteiger partial charge in [0.05, 0.1) is 32.5 Å². The minimum atomic E-state index is 1.17. The van der Waals surface area contributed by atoms with Crippen LogP contribution in [0.4, 0.5) is 0 Å². The summed E-state index contributed by atoms with van der Waals surface area (Å²) in [6.45, 7) is 0. The van der Waals surface area contributed by atoms with Gasteiger partial charge in [-0.2, -0.15) is 0 Å². The number of para-hydroxylation sites is 1. The molecular weight excluding hydrogens is 613 g/mol. The third-order valence-corrected chi connectivity index (χ3v) is 12.0. The van der Waals surface area contributed by atoms with Crippen molar-refractivity contribution in [2.75, 3.05) is 0 Å². The summed E-state index contributed by atoms with van der Waals surface area (Å²) in [6.07, 6.45) is 0. The highest BCUT2D eigenvalue weighted by atomic mass is 32.1. The van der Waals surface area contributed by atoms with E-state index in [1.54, 1.807) is 0 Å². The maximum absolute atomic E-state index is 2.61. The smallest absolute Gasteiger partial charge is 0.0641 e. The van der Waals surface area contributed by atoms with Crippen LogP contribution in [0.2, 0.25) is 0 Å². The molecule has 2 nitrogen and oxygen atoms in total. The molecule has 0 bridgehead atoms. The van der Waals surface area contributed by atoms with Crippen molar-refractivity contribution in [3.05, 3.63) is 158 Å². The van der Waals surface area contributed by atoms with E-state index in [2.05, 4.69) is 167 Å². The Morgan fingerprint density at radius 1 is 0.347 bits per heavy atom. The zero-order chi connectivity index (χ0) is 31.8. The maximum Gasteiger partial charge on any atom is 0.0641 e. The Bertz CT molecular complexity index is 3270. The molecule has 1 aromatic heterocycles. The molecule has 0 radical (unpaired) electrons. The van der Waals surface area contributed by atoms with Crippen LogP contribution in [-0.4, -0.2) is 9.13 Å². The van der Waals surface area contributed by atoms with Crippen molar-refractivity contribution < 1.29 is 0 Å². The highest BCUT2D eigenvalue weighted by molar-refractivity contribution is 7.26. The van der Waals surface area contributed by atoms with Crippen LogP contribution in [-0.2, 0) is 0 Å². The van der Waals surface area contributed by atoms with Crippen molar-refractivity contribution in [1.82, 2.24) is 9.13 Å². The molecular formula is C46H26N2S. The molecule has 12 rings (SSSR count). The fourth-order valence-electron chi connectivity index (χ4n) is 8.98. The van der Waals surface area contributed by atoms with Gasteiger partial charge in [-0.3, -0.25) is 0 Å². The summed E-state index contributed by atoms with van der Waals surface area (Å²) < 4.78 is 7.78. The second-order valence-corrected chi connectivity index (χ2v) is 14.2. The van der Waals surface area contributed by atoms with E-state index in [1.807, 2.05) is 11.3 Å². The van der Waals surface area contributed by atoms with Crippen LogP contribution < -0.4 is 0 Å². The number of rotatable bonds is 2. The number of hydrogen-bond donors (Lipinski definition) is 0. The summed E-state index contributed by atoms with van der Waals surface area (Å²) >= 11 is 1.90. The molecule has 9 aromatic carbocycles. The maximum atomic E-state index is 2.61. The first-order chi connectivity index (χ1) is 24.4. The van der Waals surface area contributed by atoms with Gasteiger partial charge in [-0.1, -0.05) is 121 Å². The highest BCUT2D eigenvalue weighted by Gasteiger charge is 2.31. The Morgan fingerprint density at radius 2 is 0.837 bits per heavy atom. The van der Waals surface area contributed by atoms with E-state index in [-0.39, 0.29) is 0 Å². The minimum absolute atomic E-state index is 1.17. The van der Waals surface area contributed by atoms with Gasteiger partial charge >= 0.3 is 0 Å². The van der Waals surface area contributed by atoms with Gasteiger partial charge < -0.3 is 9.13 Å². The summed E-state index contributed by atoms with van der Waals surface area (Å²) in [5.74, 6) is 0. The SMILES string of the molecule is c1ccc(-n2c3cccc4c5ccccc5c5c(c43)-c3c4c(cccc4n5-c4cccc5c4sc4ccccc45)c4ccccc4c32)cc1. The van der Waals surface area contributed by atoms with Crippen LogP contribution in [0.15, 0.2) is 158 Å². The quantitative estimate of drug-likeness (QED) is 0.132. The summed E-state index contributed by atoms with van der Waals surface area (Å²) in [7, 11) is 0. The number of thiophene rings is 1. The largest absolute Gasteiger partial charge is 0.309 e. The fourth-order valence-corrected chi connectivity index (χ4v) is 10.2. The molecule has 3 heterocycles. The lowest BCUT2D eigenvalue weighted by Gasteiger charge is -2.31. The van der Waals surface area contributed by atoms with Gasteiger partial charge in [0, 0.05) is 53.8 Å².